The Morgan fingerprint density at radius 3 is 2.36 bits per heavy atom. The summed E-state index contributed by atoms with van der Waals surface area (Å²) in [4.78, 5) is 30.5. The summed E-state index contributed by atoms with van der Waals surface area (Å²) in [6.45, 7) is 6.35. The van der Waals surface area contributed by atoms with Crippen LogP contribution < -0.4 is 4.74 Å². The lowest BCUT2D eigenvalue weighted by Gasteiger charge is -2.37. The second kappa shape index (κ2) is 7.87. The number of rotatable bonds is 4. The van der Waals surface area contributed by atoms with Gasteiger partial charge in [-0.15, -0.1) is 0 Å². The highest BCUT2D eigenvalue weighted by atomic mass is 16.5. The van der Waals surface area contributed by atoms with Crippen molar-refractivity contribution in [1.82, 2.24) is 14.7 Å². The molecule has 1 atom stereocenters. The van der Waals surface area contributed by atoms with Crippen molar-refractivity contribution >= 4 is 11.8 Å². The molecule has 3 rings (SSSR count). The van der Waals surface area contributed by atoms with E-state index in [0.717, 1.165) is 51.3 Å². The van der Waals surface area contributed by atoms with Crippen molar-refractivity contribution in [2.24, 2.45) is 0 Å². The maximum atomic E-state index is 12.8. The highest BCUT2D eigenvalue weighted by Crippen LogP contribution is 2.21. The predicted molar refractivity (Wildman–Crippen MR) is 95.3 cm³/mol. The summed E-state index contributed by atoms with van der Waals surface area (Å²) in [5, 5.41) is 0. The number of ether oxygens (including phenoxy) is 1. The molecule has 0 N–H and O–H groups in total. The highest BCUT2D eigenvalue weighted by Gasteiger charge is 2.35. The van der Waals surface area contributed by atoms with Gasteiger partial charge in [-0.1, -0.05) is 12.1 Å². The zero-order valence-electron chi connectivity index (χ0n) is 15.1. The van der Waals surface area contributed by atoms with Gasteiger partial charge in [-0.25, -0.2) is 0 Å². The van der Waals surface area contributed by atoms with Crippen LogP contribution in [0.2, 0.25) is 0 Å². The zero-order valence-corrected chi connectivity index (χ0v) is 15.1. The Morgan fingerprint density at radius 1 is 1.08 bits per heavy atom. The number of piperazine rings is 1. The van der Waals surface area contributed by atoms with E-state index in [1.165, 1.54) is 5.56 Å². The second-order valence-electron chi connectivity index (χ2n) is 6.82. The van der Waals surface area contributed by atoms with E-state index in [0.29, 0.717) is 6.54 Å². The molecular weight excluding hydrogens is 318 g/mol. The van der Waals surface area contributed by atoms with Gasteiger partial charge >= 0.3 is 0 Å². The van der Waals surface area contributed by atoms with Crippen molar-refractivity contribution in [3.05, 3.63) is 29.8 Å². The normalized spacial score (nSPS) is 21.4. The summed E-state index contributed by atoms with van der Waals surface area (Å²) in [5.41, 5.74) is 1.25. The standard InChI is InChI=1S/C19H27N3O3/c1-15(23)22-9-3-4-18(22)19(24)21-12-10-20(11-13-21)14-16-5-7-17(25-2)8-6-16/h5-8,18H,3-4,9-14H2,1-2H3/t18-/m0/s1. The molecule has 0 bridgehead atoms. The Bertz CT molecular complexity index is 609. The van der Waals surface area contributed by atoms with E-state index in [-0.39, 0.29) is 17.9 Å². The molecule has 2 saturated heterocycles. The van der Waals surface area contributed by atoms with Gasteiger partial charge < -0.3 is 14.5 Å². The first-order valence-electron chi connectivity index (χ1n) is 9.00. The topological polar surface area (TPSA) is 53.1 Å². The third-order valence-corrected chi connectivity index (χ3v) is 5.19. The minimum Gasteiger partial charge on any atom is -0.497 e. The van der Waals surface area contributed by atoms with E-state index in [1.807, 2.05) is 17.0 Å². The lowest BCUT2D eigenvalue weighted by Crippen LogP contribution is -2.54. The lowest BCUT2D eigenvalue weighted by molar-refractivity contribution is -0.144. The summed E-state index contributed by atoms with van der Waals surface area (Å²) in [6, 6.07) is 7.88. The molecule has 2 amide bonds. The van der Waals surface area contributed by atoms with Gasteiger partial charge in [0.1, 0.15) is 11.8 Å². The molecule has 1 aromatic rings. The summed E-state index contributed by atoms with van der Waals surface area (Å²) in [7, 11) is 1.67. The summed E-state index contributed by atoms with van der Waals surface area (Å²) in [5.74, 6) is 0.997. The van der Waals surface area contributed by atoms with Crippen molar-refractivity contribution in [3.63, 3.8) is 0 Å². The number of hydrogen-bond acceptors (Lipinski definition) is 4. The smallest absolute Gasteiger partial charge is 0.245 e. The van der Waals surface area contributed by atoms with Gasteiger partial charge in [0.25, 0.3) is 0 Å². The first-order valence-corrected chi connectivity index (χ1v) is 9.00. The number of carbonyl (C=O) groups is 2. The molecule has 2 fully saturated rings. The van der Waals surface area contributed by atoms with Crippen LogP contribution in [0.15, 0.2) is 24.3 Å². The minimum absolute atomic E-state index is 0.00833. The van der Waals surface area contributed by atoms with Gasteiger partial charge in [0, 0.05) is 46.2 Å². The van der Waals surface area contributed by atoms with Crippen molar-refractivity contribution in [2.75, 3.05) is 39.8 Å². The van der Waals surface area contributed by atoms with Crippen molar-refractivity contribution in [2.45, 2.75) is 32.4 Å². The van der Waals surface area contributed by atoms with Gasteiger partial charge in [0.15, 0.2) is 0 Å². The lowest BCUT2D eigenvalue weighted by atomic mass is 10.1. The van der Waals surface area contributed by atoms with E-state index < -0.39 is 0 Å². The van der Waals surface area contributed by atoms with Gasteiger partial charge in [-0.3, -0.25) is 14.5 Å². The molecular formula is C19H27N3O3. The number of likely N-dealkylation sites (tertiary alicyclic amines) is 1. The SMILES string of the molecule is COc1ccc(CN2CCN(C(=O)[C@@H]3CCCN3C(C)=O)CC2)cc1. The number of carbonyl (C=O) groups excluding carboxylic acids is 2. The molecule has 0 unspecified atom stereocenters. The zero-order chi connectivity index (χ0) is 17.8. The van der Waals surface area contributed by atoms with E-state index in [4.69, 9.17) is 4.74 Å². The second-order valence-corrected chi connectivity index (χ2v) is 6.82. The molecule has 0 saturated carbocycles. The van der Waals surface area contributed by atoms with Crippen LogP contribution in [0.4, 0.5) is 0 Å². The van der Waals surface area contributed by atoms with Crippen molar-refractivity contribution in [1.29, 1.82) is 0 Å². The summed E-state index contributed by atoms with van der Waals surface area (Å²) >= 11 is 0. The molecule has 2 heterocycles. The van der Waals surface area contributed by atoms with E-state index in [1.54, 1.807) is 18.9 Å². The average Bonchev–Trinajstić information content (AvgIpc) is 3.12. The highest BCUT2D eigenvalue weighted by molar-refractivity contribution is 5.87. The molecule has 6 nitrogen and oxygen atoms in total. The Labute approximate surface area is 149 Å². The Kier molecular flexibility index (Phi) is 5.58. The Balaban J connectivity index is 1.51. The Hall–Kier alpha value is -2.08. The first-order chi connectivity index (χ1) is 12.1. The predicted octanol–water partition coefficient (Wildman–Crippen LogP) is 1.35. The largest absolute Gasteiger partial charge is 0.497 e. The molecule has 1 aromatic carbocycles. The van der Waals surface area contributed by atoms with E-state index >= 15 is 0 Å². The molecule has 2 aliphatic rings. The molecule has 25 heavy (non-hydrogen) atoms. The van der Waals surface area contributed by atoms with Crippen LogP contribution in [0, 0.1) is 0 Å². The molecule has 2 aliphatic heterocycles. The number of nitrogens with zero attached hydrogens (tertiary/aromatic N) is 3. The van der Waals surface area contributed by atoms with Crippen LogP contribution in [0.5, 0.6) is 5.75 Å². The van der Waals surface area contributed by atoms with Crippen LogP contribution in [-0.2, 0) is 16.1 Å². The maximum absolute atomic E-state index is 12.8. The van der Waals surface area contributed by atoms with Crippen LogP contribution in [-0.4, -0.2) is 72.4 Å². The number of amides is 2. The Morgan fingerprint density at radius 2 is 1.76 bits per heavy atom. The minimum atomic E-state index is -0.245. The maximum Gasteiger partial charge on any atom is 0.245 e. The molecule has 0 aliphatic carbocycles. The van der Waals surface area contributed by atoms with Crippen LogP contribution in [0.1, 0.15) is 25.3 Å². The van der Waals surface area contributed by atoms with Gasteiger partial charge in [-0.05, 0) is 30.5 Å². The van der Waals surface area contributed by atoms with Crippen LogP contribution in [0.3, 0.4) is 0 Å². The number of hydrogen-bond donors (Lipinski definition) is 0. The van der Waals surface area contributed by atoms with Gasteiger partial charge in [-0.2, -0.15) is 0 Å². The fourth-order valence-corrected chi connectivity index (χ4v) is 3.73. The molecule has 6 heteroatoms. The summed E-state index contributed by atoms with van der Waals surface area (Å²) < 4.78 is 5.19. The third kappa shape index (κ3) is 4.12. The van der Waals surface area contributed by atoms with Gasteiger partial charge in [0.2, 0.25) is 11.8 Å². The number of benzene rings is 1. The third-order valence-electron chi connectivity index (χ3n) is 5.19. The van der Waals surface area contributed by atoms with Crippen LogP contribution >= 0.6 is 0 Å². The van der Waals surface area contributed by atoms with Gasteiger partial charge in [0.05, 0.1) is 7.11 Å². The molecule has 136 valence electrons. The fourth-order valence-electron chi connectivity index (χ4n) is 3.73. The monoisotopic (exact) mass is 345 g/mol. The number of methoxy groups -OCH3 is 1. The summed E-state index contributed by atoms with van der Waals surface area (Å²) in [6.07, 6.45) is 1.72. The molecule has 0 aromatic heterocycles. The van der Waals surface area contributed by atoms with Crippen molar-refractivity contribution < 1.29 is 14.3 Å². The quantitative estimate of drug-likeness (QED) is 0.827. The fraction of sp³-hybridized carbons (Fsp3) is 0.579. The van der Waals surface area contributed by atoms with Crippen molar-refractivity contribution in [3.8, 4) is 5.75 Å². The first kappa shape index (κ1) is 17.7. The van der Waals surface area contributed by atoms with E-state index in [9.17, 15) is 9.59 Å². The molecule has 0 spiro atoms. The average molecular weight is 345 g/mol. The van der Waals surface area contributed by atoms with E-state index in [2.05, 4.69) is 17.0 Å². The van der Waals surface area contributed by atoms with Crippen LogP contribution in [0.25, 0.3) is 0 Å². The molecule has 0 radical (unpaired) electrons.